The fraction of sp³-hybridized carbons (Fsp3) is 0.167. The van der Waals surface area contributed by atoms with E-state index in [2.05, 4.69) is 21.5 Å². The molecule has 0 unspecified atom stereocenters. The number of halogens is 1. The number of nitrogens with one attached hydrogen (secondary N) is 4. The summed E-state index contributed by atoms with van der Waals surface area (Å²) in [6.45, 7) is 3.48. The molecule has 8 heteroatoms. The Morgan fingerprint density at radius 2 is 1.81 bits per heavy atom. The van der Waals surface area contributed by atoms with Gasteiger partial charge in [0.05, 0.1) is 0 Å². The molecule has 1 atom stereocenters. The standard InChI is InChI=1S/C18H19ClN4O2S/c1-11-5-3-6-13(9-11)17(25)20-12(2)16(24)22-23-18(26)21-15-8-4-7-14(19)10-15/h3-10,12H,1-2H3,(H,20,25)(H,22,24)(H2,21,23,26)/t12-/m0/s1. The lowest BCUT2D eigenvalue weighted by molar-refractivity contribution is -0.123. The third kappa shape index (κ3) is 6.02. The molecule has 0 aromatic heterocycles. The minimum Gasteiger partial charge on any atom is -0.340 e. The third-order valence-electron chi connectivity index (χ3n) is 3.40. The first kappa shape index (κ1) is 19.7. The van der Waals surface area contributed by atoms with Crippen LogP contribution in [-0.2, 0) is 4.79 Å². The molecule has 0 radical (unpaired) electrons. The average Bonchev–Trinajstić information content (AvgIpc) is 2.59. The second-order valence-corrected chi connectivity index (χ2v) is 6.49. The topological polar surface area (TPSA) is 82.3 Å². The van der Waals surface area contributed by atoms with Crippen molar-refractivity contribution in [2.45, 2.75) is 19.9 Å². The molecule has 2 aromatic rings. The van der Waals surface area contributed by atoms with Crippen LogP contribution in [0.25, 0.3) is 0 Å². The van der Waals surface area contributed by atoms with Crippen LogP contribution in [-0.4, -0.2) is 23.0 Å². The minimum absolute atomic E-state index is 0.192. The average molecular weight is 391 g/mol. The van der Waals surface area contributed by atoms with Crippen LogP contribution in [0.15, 0.2) is 48.5 Å². The number of aryl methyl sites for hydroxylation is 1. The van der Waals surface area contributed by atoms with E-state index in [0.29, 0.717) is 16.3 Å². The molecule has 0 bridgehead atoms. The Hall–Kier alpha value is -2.64. The normalized spacial score (nSPS) is 11.2. The number of benzene rings is 2. The number of hydrogen-bond acceptors (Lipinski definition) is 3. The Bertz CT molecular complexity index is 828. The van der Waals surface area contributed by atoms with Crippen LogP contribution >= 0.6 is 23.8 Å². The summed E-state index contributed by atoms with van der Waals surface area (Å²) in [7, 11) is 0. The number of hydrogen-bond donors (Lipinski definition) is 4. The van der Waals surface area contributed by atoms with E-state index in [4.69, 9.17) is 23.8 Å². The van der Waals surface area contributed by atoms with Gasteiger partial charge in [0, 0.05) is 16.3 Å². The molecule has 0 fully saturated rings. The van der Waals surface area contributed by atoms with Crippen LogP contribution in [0.4, 0.5) is 5.69 Å². The van der Waals surface area contributed by atoms with Gasteiger partial charge in [0.2, 0.25) is 0 Å². The first-order valence-corrected chi connectivity index (χ1v) is 8.64. The van der Waals surface area contributed by atoms with Crippen molar-refractivity contribution < 1.29 is 9.59 Å². The van der Waals surface area contributed by atoms with Crippen LogP contribution in [0.1, 0.15) is 22.8 Å². The summed E-state index contributed by atoms with van der Waals surface area (Å²) < 4.78 is 0. The predicted molar refractivity (Wildman–Crippen MR) is 107 cm³/mol. The van der Waals surface area contributed by atoms with Gasteiger partial charge in [-0.2, -0.15) is 0 Å². The molecule has 26 heavy (non-hydrogen) atoms. The Morgan fingerprint density at radius 3 is 2.50 bits per heavy atom. The SMILES string of the molecule is Cc1cccc(C(=O)N[C@@H](C)C(=O)NNC(=S)Nc2cccc(Cl)c2)c1. The molecule has 0 aliphatic carbocycles. The van der Waals surface area contributed by atoms with Gasteiger partial charge in [0.1, 0.15) is 6.04 Å². The first-order chi connectivity index (χ1) is 12.3. The predicted octanol–water partition coefficient (Wildman–Crippen LogP) is 2.78. The summed E-state index contributed by atoms with van der Waals surface area (Å²) in [6, 6.07) is 13.4. The maximum atomic E-state index is 12.2. The van der Waals surface area contributed by atoms with E-state index >= 15 is 0 Å². The van der Waals surface area contributed by atoms with Gasteiger partial charge in [-0.3, -0.25) is 20.4 Å². The van der Waals surface area contributed by atoms with Crippen LogP contribution < -0.4 is 21.5 Å². The highest BCUT2D eigenvalue weighted by Crippen LogP contribution is 2.14. The molecule has 0 aliphatic heterocycles. The largest absolute Gasteiger partial charge is 0.340 e. The lowest BCUT2D eigenvalue weighted by Gasteiger charge is -2.16. The molecule has 2 aromatic carbocycles. The molecule has 2 rings (SSSR count). The smallest absolute Gasteiger partial charge is 0.260 e. The second-order valence-electron chi connectivity index (χ2n) is 5.64. The summed E-state index contributed by atoms with van der Waals surface area (Å²) in [5.74, 6) is -0.753. The minimum atomic E-state index is -0.746. The van der Waals surface area contributed by atoms with Gasteiger partial charge in [0.25, 0.3) is 11.8 Å². The fourth-order valence-electron chi connectivity index (χ4n) is 2.09. The molecule has 0 spiro atoms. The van der Waals surface area contributed by atoms with Crippen molar-refractivity contribution in [3.05, 3.63) is 64.7 Å². The number of anilines is 1. The third-order valence-corrected chi connectivity index (χ3v) is 3.84. The fourth-order valence-corrected chi connectivity index (χ4v) is 2.45. The Kier molecular flexibility index (Phi) is 6.94. The van der Waals surface area contributed by atoms with Gasteiger partial charge >= 0.3 is 0 Å². The van der Waals surface area contributed by atoms with E-state index in [1.54, 1.807) is 49.4 Å². The van der Waals surface area contributed by atoms with E-state index in [1.807, 2.05) is 13.0 Å². The molecule has 0 heterocycles. The highest BCUT2D eigenvalue weighted by Gasteiger charge is 2.16. The van der Waals surface area contributed by atoms with Crippen molar-refractivity contribution in [2.75, 3.05) is 5.32 Å². The molecule has 136 valence electrons. The van der Waals surface area contributed by atoms with Crippen molar-refractivity contribution in [2.24, 2.45) is 0 Å². The lowest BCUT2D eigenvalue weighted by atomic mass is 10.1. The van der Waals surface area contributed by atoms with Crippen molar-refractivity contribution in [1.82, 2.24) is 16.2 Å². The summed E-state index contributed by atoms with van der Waals surface area (Å²) in [6.07, 6.45) is 0. The van der Waals surface area contributed by atoms with Crippen LogP contribution in [0.5, 0.6) is 0 Å². The van der Waals surface area contributed by atoms with Gasteiger partial charge in [-0.1, -0.05) is 35.4 Å². The van der Waals surface area contributed by atoms with Crippen molar-refractivity contribution in [3.8, 4) is 0 Å². The zero-order valence-electron chi connectivity index (χ0n) is 14.3. The number of amides is 2. The summed E-state index contributed by atoms with van der Waals surface area (Å²) in [4.78, 5) is 24.3. The quantitative estimate of drug-likeness (QED) is 0.476. The number of rotatable bonds is 4. The second kappa shape index (κ2) is 9.17. The van der Waals surface area contributed by atoms with Gasteiger partial charge in [0.15, 0.2) is 5.11 Å². The molecule has 0 aliphatic rings. The highest BCUT2D eigenvalue weighted by molar-refractivity contribution is 7.80. The summed E-state index contributed by atoms with van der Waals surface area (Å²) >= 11 is 11.0. The van der Waals surface area contributed by atoms with E-state index in [0.717, 1.165) is 5.56 Å². The van der Waals surface area contributed by atoms with Gasteiger partial charge in [-0.25, -0.2) is 0 Å². The Labute approximate surface area is 162 Å². The first-order valence-electron chi connectivity index (χ1n) is 7.85. The molecular formula is C18H19ClN4O2S. The number of thiocarbonyl (C=S) groups is 1. The van der Waals surface area contributed by atoms with E-state index in [9.17, 15) is 9.59 Å². The van der Waals surface area contributed by atoms with Crippen LogP contribution in [0.2, 0.25) is 5.02 Å². The van der Waals surface area contributed by atoms with E-state index < -0.39 is 11.9 Å². The van der Waals surface area contributed by atoms with Gasteiger partial charge in [-0.05, 0) is 56.4 Å². The lowest BCUT2D eigenvalue weighted by Crippen LogP contribution is -2.51. The van der Waals surface area contributed by atoms with E-state index in [-0.39, 0.29) is 11.0 Å². The molecule has 0 saturated carbocycles. The summed E-state index contributed by atoms with van der Waals surface area (Å²) in [5, 5.41) is 6.27. The molecular weight excluding hydrogens is 372 g/mol. The maximum Gasteiger partial charge on any atom is 0.260 e. The Morgan fingerprint density at radius 1 is 1.08 bits per heavy atom. The molecule has 6 nitrogen and oxygen atoms in total. The van der Waals surface area contributed by atoms with Crippen LogP contribution in [0.3, 0.4) is 0 Å². The zero-order valence-corrected chi connectivity index (χ0v) is 15.9. The van der Waals surface area contributed by atoms with Gasteiger partial charge < -0.3 is 10.6 Å². The maximum absolute atomic E-state index is 12.2. The highest BCUT2D eigenvalue weighted by atomic mass is 35.5. The monoisotopic (exact) mass is 390 g/mol. The number of hydrazine groups is 1. The molecule has 4 N–H and O–H groups in total. The van der Waals surface area contributed by atoms with Gasteiger partial charge in [-0.15, -0.1) is 0 Å². The number of carbonyl (C=O) groups is 2. The van der Waals surface area contributed by atoms with Crippen molar-refractivity contribution in [1.29, 1.82) is 0 Å². The Balaban J connectivity index is 1.81. The molecule has 0 saturated heterocycles. The summed E-state index contributed by atoms with van der Waals surface area (Å²) in [5.41, 5.74) is 7.17. The van der Waals surface area contributed by atoms with E-state index in [1.165, 1.54) is 0 Å². The van der Waals surface area contributed by atoms with Crippen molar-refractivity contribution >= 4 is 46.4 Å². The van der Waals surface area contributed by atoms with Crippen molar-refractivity contribution in [3.63, 3.8) is 0 Å². The number of carbonyl (C=O) groups excluding carboxylic acids is 2. The zero-order chi connectivity index (χ0) is 19.1. The van der Waals surface area contributed by atoms with Crippen LogP contribution in [0, 0.1) is 6.92 Å². The molecule has 2 amide bonds.